The molecule has 0 saturated heterocycles. The van der Waals surface area contributed by atoms with E-state index in [0.717, 1.165) is 11.0 Å². The van der Waals surface area contributed by atoms with Gasteiger partial charge >= 0.3 is 0 Å². The van der Waals surface area contributed by atoms with E-state index in [4.69, 9.17) is 20.6 Å². The zero-order valence-corrected chi connectivity index (χ0v) is 16.8. The predicted molar refractivity (Wildman–Crippen MR) is 114 cm³/mol. The molecular formula is C22H21N5O3. The number of H-pyrrole nitrogens is 1. The summed E-state index contributed by atoms with van der Waals surface area (Å²) in [5.74, 6) is 4.77. The highest BCUT2D eigenvalue weighted by Gasteiger charge is 2.14. The Hall–Kier alpha value is -3.83. The second kappa shape index (κ2) is 8.68. The van der Waals surface area contributed by atoms with Crippen LogP contribution in [0.5, 0.6) is 23.1 Å². The minimum Gasteiger partial charge on any atom is -0.493 e. The van der Waals surface area contributed by atoms with E-state index in [2.05, 4.69) is 25.9 Å². The van der Waals surface area contributed by atoms with E-state index < -0.39 is 0 Å². The molecule has 0 atom stereocenters. The van der Waals surface area contributed by atoms with Crippen LogP contribution in [-0.4, -0.2) is 58.7 Å². The van der Waals surface area contributed by atoms with Crippen LogP contribution in [0.1, 0.15) is 0 Å². The van der Waals surface area contributed by atoms with Gasteiger partial charge in [0.1, 0.15) is 24.3 Å². The van der Waals surface area contributed by atoms with Crippen molar-refractivity contribution in [3.8, 4) is 35.5 Å². The third kappa shape index (κ3) is 4.11. The normalized spacial score (nSPS) is 11.0. The van der Waals surface area contributed by atoms with Crippen molar-refractivity contribution in [2.45, 2.75) is 0 Å². The van der Waals surface area contributed by atoms with Crippen LogP contribution in [0.4, 0.5) is 0 Å². The first-order valence-electron chi connectivity index (χ1n) is 9.36. The lowest BCUT2D eigenvalue weighted by Crippen LogP contribution is -2.24. The van der Waals surface area contributed by atoms with Gasteiger partial charge in [0.05, 0.1) is 30.8 Å². The summed E-state index contributed by atoms with van der Waals surface area (Å²) in [5.41, 5.74) is 1.48. The van der Waals surface area contributed by atoms with Crippen LogP contribution in [0.25, 0.3) is 21.9 Å². The molecule has 0 aliphatic carbocycles. The number of methoxy groups -OCH3 is 1. The third-order valence-corrected chi connectivity index (χ3v) is 4.57. The second-order valence-electron chi connectivity index (χ2n) is 6.68. The minimum atomic E-state index is 0.412. The van der Waals surface area contributed by atoms with Gasteiger partial charge in [-0.1, -0.05) is 5.92 Å². The fourth-order valence-electron chi connectivity index (χ4n) is 3.03. The summed E-state index contributed by atoms with van der Waals surface area (Å²) in [4.78, 5) is 18.0. The van der Waals surface area contributed by atoms with Gasteiger partial charge < -0.3 is 19.2 Å². The maximum absolute atomic E-state index is 6.00. The van der Waals surface area contributed by atoms with Gasteiger partial charge in [-0.15, -0.1) is 6.42 Å². The topological polar surface area (TPSA) is 85.4 Å². The van der Waals surface area contributed by atoms with Crippen molar-refractivity contribution in [1.29, 1.82) is 0 Å². The molecule has 0 aliphatic rings. The molecule has 4 aromatic rings. The van der Waals surface area contributed by atoms with Gasteiger partial charge in [0.25, 0.3) is 0 Å². The van der Waals surface area contributed by atoms with E-state index >= 15 is 0 Å². The summed E-state index contributed by atoms with van der Waals surface area (Å²) in [7, 11) is 3.53. The molecule has 0 spiro atoms. The summed E-state index contributed by atoms with van der Waals surface area (Å²) in [6.45, 7) is 1.73. The number of hydrogen-bond donors (Lipinski definition) is 1. The standard InChI is InChI=1S/C22H21N5O3/c1-4-7-27(2)8-9-29-20-12-18-17(11-19(20)28-3)22(26-14-25-18)30-16-10-15-5-6-23-21(15)24-13-16/h1,5-6,10-14H,7-9H2,2-3H3,(H,23,24). The molecule has 8 nitrogen and oxygen atoms in total. The zero-order chi connectivity index (χ0) is 20.9. The van der Waals surface area contributed by atoms with Crippen molar-refractivity contribution >= 4 is 21.9 Å². The van der Waals surface area contributed by atoms with Crippen LogP contribution in [0.3, 0.4) is 0 Å². The fourth-order valence-corrected chi connectivity index (χ4v) is 3.03. The van der Waals surface area contributed by atoms with Crippen molar-refractivity contribution in [2.75, 3.05) is 33.9 Å². The number of aromatic amines is 1. The van der Waals surface area contributed by atoms with Gasteiger partial charge in [-0.25, -0.2) is 15.0 Å². The summed E-state index contributed by atoms with van der Waals surface area (Å²) < 4.78 is 17.4. The van der Waals surface area contributed by atoms with Crippen molar-refractivity contribution in [2.24, 2.45) is 0 Å². The minimum absolute atomic E-state index is 0.412. The Kier molecular flexibility index (Phi) is 5.63. The number of aromatic nitrogens is 4. The van der Waals surface area contributed by atoms with Crippen molar-refractivity contribution < 1.29 is 14.2 Å². The number of pyridine rings is 1. The molecule has 0 unspecified atom stereocenters. The lowest BCUT2D eigenvalue weighted by atomic mass is 10.2. The van der Waals surface area contributed by atoms with Gasteiger partial charge in [0, 0.05) is 24.2 Å². The van der Waals surface area contributed by atoms with Crippen LogP contribution >= 0.6 is 0 Å². The maximum Gasteiger partial charge on any atom is 0.230 e. The Morgan fingerprint density at radius 1 is 1.17 bits per heavy atom. The summed E-state index contributed by atoms with van der Waals surface area (Å²) in [6.07, 6.45) is 10.3. The molecule has 0 amide bonds. The van der Waals surface area contributed by atoms with Crippen LogP contribution in [0.15, 0.2) is 43.0 Å². The number of nitrogens with one attached hydrogen (secondary N) is 1. The largest absolute Gasteiger partial charge is 0.493 e. The first-order valence-corrected chi connectivity index (χ1v) is 9.36. The highest BCUT2D eigenvalue weighted by molar-refractivity contribution is 5.87. The highest BCUT2D eigenvalue weighted by Crippen LogP contribution is 2.36. The van der Waals surface area contributed by atoms with Crippen molar-refractivity contribution in [3.05, 3.63) is 43.0 Å². The van der Waals surface area contributed by atoms with Crippen molar-refractivity contribution in [1.82, 2.24) is 24.8 Å². The lowest BCUT2D eigenvalue weighted by molar-refractivity contribution is 0.242. The Morgan fingerprint density at radius 2 is 2.07 bits per heavy atom. The van der Waals surface area contributed by atoms with Gasteiger partial charge in [0.15, 0.2) is 11.5 Å². The molecule has 0 fully saturated rings. The summed E-state index contributed by atoms with van der Waals surface area (Å²) in [6, 6.07) is 7.46. The Bertz CT molecular complexity index is 1210. The third-order valence-electron chi connectivity index (χ3n) is 4.57. The molecule has 4 rings (SSSR count). The van der Waals surface area contributed by atoms with Crippen LogP contribution in [-0.2, 0) is 0 Å². The molecule has 0 radical (unpaired) electrons. The second-order valence-corrected chi connectivity index (χ2v) is 6.68. The maximum atomic E-state index is 6.00. The molecule has 152 valence electrons. The monoisotopic (exact) mass is 403 g/mol. The predicted octanol–water partition coefficient (Wildman–Crippen LogP) is 3.25. The summed E-state index contributed by atoms with van der Waals surface area (Å²) in [5, 5.41) is 1.66. The highest BCUT2D eigenvalue weighted by atomic mass is 16.5. The van der Waals surface area contributed by atoms with Gasteiger partial charge in [-0.3, -0.25) is 4.90 Å². The van der Waals surface area contributed by atoms with Gasteiger partial charge in [0.2, 0.25) is 5.88 Å². The van der Waals surface area contributed by atoms with Crippen LogP contribution < -0.4 is 14.2 Å². The quantitative estimate of drug-likeness (QED) is 0.452. The van der Waals surface area contributed by atoms with Crippen molar-refractivity contribution in [3.63, 3.8) is 0 Å². The molecule has 8 heteroatoms. The Morgan fingerprint density at radius 3 is 2.90 bits per heavy atom. The lowest BCUT2D eigenvalue weighted by Gasteiger charge is -2.16. The number of likely N-dealkylation sites (N-methyl/N-ethyl adjacent to an activating group) is 1. The summed E-state index contributed by atoms with van der Waals surface area (Å²) >= 11 is 0. The number of fused-ring (bicyclic) bond motifs is 2. The van der Waals surface area contributed by atoms with E-state index in [1.165, 1.54) is 6.33 Å². The number of rotatable bonds is 8. The molecule has 1 aromatic carbocycles. The number of hydrogen-bond acceptors (Lipinski definition) is 7. The van der Waals surface area contributed by atoms with E-state index in [0.29, 0.717) is 53.7 Å². The van der Waals surface area contributed by atoms with E-state index in [1.54, 1.807) is 13.3 Å². The average molecular weight is 403 g/mol. The molecule has 0 bridgehead atoms. The smallest absolute Gasteiger partial charge is 0.230 e. The number of terminal acetylenes is 1. The fraction of sp³-hybridized carbons (Fsp3) is 0.227. The number of nitrogens with zero attached hydrogens (tertiary/aromatic N) is 4. The van der Waals surface area contributed by atoms with E-state index in [1.807, 2.05) is 42.4 Å². The molecule has 1 N–H and O–H groups in total. The molecule has 0 saturated carbocycles. The number of ether oxygens (including phenoxy) is 3. The van der Waals surface area contributed by atoms with Gasteiger partial charge in [-0.2, -0.15) is 0 Å². The van der Waals surface area contributed by atoms with Gasteiger partial charge in [-0.05, 0) is 25.2 Å². The molecule has 30 heavy (non-hydrogen) atoms. The Labute approximate surface area is 173 Å². The van der Waals surface area contributed by atoms with E-state index in [9.17, 15) is 0 Å². The van der Waals surface area contributed by atoms with Crippen LogP contribution in [0, 0.1) is 12.3 Å². The molecule has 3 heterocycles. The molecule has 3 aromatic heterocycles. The zero-order valence-electron chi connectivity index (χ0n) is 16.8. The SMILES string of the molecule is C#CCN(C)CCOc1cc2ncnc(Oc3cnc4[nH]ccc4c3)c2cc1OC. The molecule has 0 aliphatic heterocycles. The first kappa shape index (κ1) is 19.5. The van der Waals surface area contributed by atoms with Crippen LogP contribution in [0.2, 0.25) is 0 Å². The van der Waals surface area contributed by atoms with E-state index in [-0.39, 0.29) is 0 Å². The number of benzene rings is 1. The molecular weight excluding hydrogens is 382 g/mol. The first-order chi connectivity index (χ1) is 14.7. The Balaban J connectivity index is 1.60. The average Bonchev–Trinajstić information content (AvgIpc) is 3.21.